The number of nitrogens with one attached hydrogen (secondary N) is 2. The zero-order valence-electron chi connectivity index (χ0n) is 10.4. The molecule has 0 saturated heterocycles. The molecule has 3 nitrogen and oxygen atoms in total. The summed E-state index contributed by atoms with van der Waals surface area (Å²) < 4.78 is 0. The van der Waals surface area contributed by atoms with Crippen molar-refractivity contribution >= 4 is 11.7 Å². The van der Waals surface area contributed by atoms with Gasteiger partial charge in [0.05, 0.1) is 0 Å². The first kappa shape index (κ1) is 12.6. The van der Waals surface area contributed by atoms with E-state index in [0.29, 0.717) is 12.5 Å². The molecule has 0 fully saturated rings. The zero-order valence-corrected chi connectivity index (χ0v) is 10.4. The summed E-state index contributed by atoms with van der Waals surface area (Å²) in [6.45, 7) is 8.93. The smallest absolute Gasteiger partial charge is 0.319 e. The maximum absolute atomic E-state index is 11.3. The lowest BCUT2D eigenvalue weighted by molar-refractivity contribution is 0.252. The summed E-state index contributed by atoms with van der Waals surface area (Å²) in [5, 5.41) is 5.50. The normalized spacial score (nSPS) is 10.3. The minimum atomic E-state index is -0.154. The summed E-state index contributed by atoms with van der Waals surface area (Å²) in [4.78, 5) is 11.3. The van der Waals surface area contributed by atoms with E-state index in [0.717, 1.165) is 5.69 Å². The van der Waals surface area contributed by atoms with Crippen molar-refractivity contribution in [2.75, 3.05) is 11.9 Å². The van der Waals surface area contributed by atoms with Gasteiger partial charge < -0.3 is 10.6 Å². The second-order valence-corrected chi connectivity index (χ2v) is 4.21. The van der Waals surface area contributed by atoms with Gasteiger partial charge in [-0.05, 0) is 43.0 Å². The Labute approximate surface area is 97.2 Å². The molecule has 2 amide bonds. The van der Waals surface area contributed by atoms with Gasteiger partial charge in [-0.1, -0.05) is 19.9 Å². The van der Waals surface area contributed by atoms with Crippen molar-refractivity contribution in [3.8, 4) is 0 Å². The first-order valence-corrected chi connectivity index (χ1v) is 5.70. The summed E-state index contributed by atoms with van der Waals surface area (Å²) in [5.74, 6) is 0.513. The van der Waals surface area contributed by atoms with Crippen molar-refractivity contribution in [3.63, 3.8) is 0 Å². The first-order valence-electron chi connectivity index (χ1n) is 5.70. The van der Waals surface area contributed by atoms with Gasteiger partial charge in [-0.25, -0.2) is 4.79 Å². The molecule has 88 valence electrons. The predicted molar refractivity (Wildman–Crippen MR) is 68.0 cm³/mol. The van der Waals surface area contributed by atoms with Gasteiger partial charge in [0.2, 0.25) is 0 Å². The van der Waals surface area contributed by atoms with Crippen LogP contribution in [-0.2, 0) is 0 Å². The van der Waals surface area contributed by atoms with E-state index in [1.165, 1.54) is 11.1 Å². The quantitative estimate of drug-likeness (QED) is 0.806. The van der Waals surface area contributed by atoms with Gasteiger partial charge in [0.1, 0.15) is 0 Å². The Balaban J connectivity index is 2.77. The van der Waals surface area contributed by atoms with Gasteiger partial charge >= 0.3 is 6.03 Å². The van der Waals surface area contributed by atoms with Gasteiger partial charge in [0.15, 0.2) is 0 Å². The van der Waals surface area contributed by atoms with Crippen molar-refractivity contribution < 1.29 is 4.79 Å². The molecular weight excluding hydrogens is 200 g/mol. The van der Waals surface area contributed by atoms with Crippen LogP contribution in [0.25, 0.3) is 0 Å². The second-order valence-electron chi connectivity index (χ2n) is 4.21. The zero-order chi connectivity index (χ0) is 12.1. The molecule has 1 aromatic carbocycles. The number of carbonyl (C=O) groups excluding carboxylic acids is 1. The number of amides is 2. The van der Waals surface area contributed by atoms with Crippen LogP contribution in [0.15, 0.2) is 18.2 Å². The average molecular weight is 220 g/mol. The van der Waals surface area contributed by atoms with E-state index in [-0.39, 0.29) is 6.03 Å². The molecule has 1 aromatic rings. The summed E-state index contributed by atoms with van der Waals surface area (Å²) >= 11 is 0. The summed E-state index contributed by atoms with van der Waals surface area (Å²) in [5.41, 5.74) is 3.37. The highest BCUT2D eigenvalue weighted by Gasteiger charge is 2.05. The van der Waals surface area contributed by atoms with Crippen molar-refractivity contribution in [2.45, 2.75) is 33.6 Å². The third-order valence-electron chi connectivity index (χ3n) is 2.49. The summed E-state index contributed by atoms with van der Waals surface area (Å²) in [7, 11) is 0. The number of carbonyl (C=O) groups is 1. The average Bonchev–Trinajstić information content (AvgIpc) is 2.17. The molecule has 0 aliphatic rings. The van der Waals surface area contributed by atoms with Gasteiger partial charge in [0.25, 0.3) is 0 Å². The van der Waals surface area contributed by atoms with E-state index >= 15 is 0 Å². The van der Waals surface area contributed by atoms with Crippen LogP contribution < -0.4 is 10.6 Å². The van der Waals surface area contributed by atoms with Crippen molar-refractivity contribution in [1.29, 1.82) is 0 Å². The Hall–Kier alpha value is -1.51. The van der Waals surface area contributed by atoms with Crippen LogP contribution >= 0.6 is 0 Å². The SMILES string of the molecule is CCNC(=O)Nc1ccc(C(C)C)c(C)c1. The fourth-order valence-electron chi connectivity index (χ4n) is 1.74. The number of urea groups is 1. The van der Waals surface area contributed by atoms with Crippen LogP contribution in [0.1, 0.15) is 37.8 Å². The topological polar surface area (TPSA) is 41.1 Å². The lowest BCUT2D eigenvalue weighted by atomic mass is 9.98. The first-order chi connectivity index (χ1) is 7.54. The number of benzene rings is 1. The molecule has 0 aliphatic carbocycles. The van der Waals surface area contributed by atoms with Gasteiger partial charge in [-0.15, -0.1) is 0 Å². The van der Waals surface area contributed by atoms with Crippen LogP contribution in [0.4, 0.5) is 10.5 Å². The molecule has 0 unspecified atom stereocenters. The molecular formula is C13H20N2O. The lowest BCUT2D eigenvalue weighted by Gasteiger charge is -2.12. The molecule has 2 N–H and O–H groups in total. The highest BCUT2D eigenvalue weighted by atomic mass is 16.2. The lowest BCUT2D eigenvalue weighted by Crippen LogP contribution is -2.28. The number of anilines is 1. The number of aryl methyl sites for hydroxylation is 1. The standard InChI is InChI=1S/C13H20N2O/c1-5-14-13(16)15-11-6-7-12(9(2)3)10(4)8-11/h6-9H,5H2,1-4H3,(H2,14,15,16). The van der Waals surface area contributed by atoms with E-state index in [1.807, 2.05) is 19.1 Å². The molecule has 0 atom stereocenters. The van der Waals surface area contributed by atoms with Crippen molar-refractivity contribution in [1.82, 2.24) is 5.32 Å². The van der Waals surface area contributed by atoms with Crippen LogP contribution in [-0.4, -0.2) is 12.6 Å². The minimum Gasteiger partial charge on any atom is -0.338 e. The molecule has 0 spiro atoms. The summed E-state index contributed by atoms with van der Waals surface area (Å²) in [6.07, 6.45) is 0. The number of rotatable bonds is 3. The Morgan fingerprint density at radius 3 is 2.56 bits per heavy atom. The Bertz CT molecular complexity index is 372. The van der Waals surface area contributed by atoms with Gasteiger partial charge in [-0.3, -0.25) is 0 Å². The Morgan fingerprint density at radius 2 is 2.06 bits per heavy atom. The van der Waals surface area contributed by atoms with E-state index in [2.05, 4.69) is 37.5 Å². The molecule has 16 heavy (non-hydrogen) atoms. The Morgan fingerprint density at radius 1 is 1.38 bits per heavy atom. The molecule has 0 aromatic heterocycles. The predicted octanol–water partition coefficient (Wildman–Crippen LogP) is 3.26. The van der Waals surface area contributed by atoms with Crippen LogP contribution in [0, 0.1) is 6.92 Å². The number of hydrogen-bond acceptors (Lipinski definition) is 1. The van der Waals surface area contributed by atoms with Crippen LogP contribution in [0.3, 0.4) is 0 Å². The van der Waals surface area contributed by atoms with Crippen LogP contribution in [0.2, 0.25) is 0 Å². The molecule has 0 radical (unpaired) electrons. The van der Waals surface area contributed by atoms with Gasteiger partial charge in [0, 0.05) is 12.2 Å². The maximum Gasteiger partial charge on any atom is 0.319 e. The largest absolute Gasteiger partial charge is 0.338 e. The second kappa shape index (κ2) is 5.54. The van der Waals surface area contributed by atoms with Crippen LogP contribution in [0.5, 0.6) is 0 Å². The molecule has 0 bridgehead atoms. The molecule has 0 heterocycles. The number of hydrogen-bond donors (Lipinski definition) is 2. The Kier molecular flexibility index (Phi) is 4.35. The van der Waals surface area contributed by atoms with Crippen molar-refractivity contribution in [3.05, 3.63) is 29.3 Å². The van der Waals surface area contributed by atoms with E-state index in [9.17, 15) is 4.79 Å². The van der Waals surface area contributed by atoms with Crippen molar-refractivity contribution in [2.24, 2.45) is 0 Å². The van der Waals surface area contributed by atoms with E-state index < -0.39 is 0 Å². The molecule has 1 rings (SSSR count). The minimum absolute atomic E-state index is 0.154. The van der Waals surface area contributed by atoms with E-state index in [1.54, 1.807) is 0 Å². The molecule has 3 heteroatoms. The van der Waals surface area contributed by atoms with E-state index in [4.69, 9.17) is 0 Å². The molecule has 0 aliphatic heterocycles. The highest BCUT2D eigenvalue weighted by molar-refractivity contribution is 5.89. The fraction of sp³-hybridized carbons (Fsp3) is 0.462. The monoisotopic (exact) mass is 220 g/mol. The van der Waals surface area contributed by atoms with Gasteiger partial charge in [-0.2, -0.15) is 0 Å². The maximum atomic E-state index is 11.3. The third-order valence-corrected chi connectivity index (χ3v) is 2.49. The third kappa shape index (κ3) is 3.26. The fourth-order valence-corrected chi connectivity index (χ4v) is 1.74. The summed E-state index contributed by atoms with van der Waals surface area (Å²) in [6, 6.07) is 5.86. The highest BCUT2D eigenvalue weighted by Crippen LogP contribution is 2.22. The molecule has 0 saturated carbocycles.